The highest BCUT2D eigenvalue weighted by atomic mass is 16.4. The van der Waals surface area contributed by atoms with Crippen molar-refractivity contribution in [2.45, 2.75) is 90.9 Å². The van der Waals surface area contributed by atoms with E-state index >= 15 is 0 Å². The number of carboxylic acids is 1. The first kappa shape index (κ1) is 16.8. The van der Waals surface area contributed by atoms with Crippen molar-refractivity contribution >= 4 is 5.97 Å². The standard InChI is InChI=1S/C19H34O2/c1-3-5-15-7-9-17(10-8-15)19(18(20)21)13-11-16(6-4-2)12-14-19/h15-17H,3-14H2,1-2H3,(H,20,21). The van der Waals surface area contributed by atoms with Crippen LogP contribution >= 0.6 is 0 Å². The van der Waals surface area contributed by atoms with Crippen molar-refractivity contribution in [3.05, 3.63) is 0 Å². The Kier molecular flexibility index (Phi) is 6.13. The van der Waals surface area contributed by atoms with Crippen LogP contribution in [0.25, 0.3) is 0 Å². The van der Waals surface area contributed by atoms with Crippen molar-refractivity contribution in [2.24, 2.45) is 23.2 Å². The maximum Gasteiger partial charge on any atom is 0.309 e. The molecule has 122 valence electrons. The van der Waals surface area contributed by atoms with Crippen LogP contribution in [-0.4, -0.2) is 11.1 Å². The zero-order valence-corrected chi connectivity index (χ0v) is 14.1. The van der Waals surface area contributed by atoms with E-state index in [9.17, 15) is 9.90 Å². The number of hydrogen-bond donors (Lipinski definition) is 1. The van der Waals surface area contributed by atoms with Gasteiger partial charge in [-0.05, 0) is 56.3 Å². The topological polar surface area (TPSA) is 37.3 Å². The molecule has 0 aromatic carbocycles. The van der Waals surface area contributed by atoms with E-state index in [0.717, 1.165) is 50.4 Å². The molecule has 0 atom stereocenters. The van der Waals surface area contributed by atoms with Gasteiger partial charge in [0, 0.05) is 0 Å². The van der Waals surface area contributed by atoms with Gasteiger partial charge in [-0.3, -0.25) is 4.79 Å². The number of rotatable bonds is 6. The normalized spacial score (nSPS) is 37.3. The summed E-state index contributed by atoms with van der Waals surface area (Å²) in [4.78, 5) is 12.0. The lowest BCUT2D eigenvalue weighted by atomic mass is 9.58. The predicted octanol–water partition coefficient (Wildman–Crippen LogP) is 5.65. The fourth-order valence-corrected chi connectivity index (χ4v) is 5.10. The van der Waals surface area contributed by atoms with Crippen molar-refractivity contribution in [1.29, 1.82) is 0 Å². The van der Waals surface area contributed by atoms with Crippen molar-refractivity contribution in [2.75, 3.05) is 0 Å². The van der Waals surface area contributed by atoms with Crippen LogP contribution in [0, 0.1) is 23.2 Å². The van der Waals surface area contributed by atoms with Crippen LogP contribution in [0.1, 0.15) is 90.9 Å². The van der Waals surface area contributed by atoms with Gasteiger partial charge in [-0.15, -0.1) is 0 Å². The molecule has 0 saturated heterocycles. The Hall–Kier alpha value is -0.530. The minimum atomic E-state index is -0.489. The van der Waals surface area contributed by atoms with Crippen molar-refractivity contribution in [1.82, 2.24) is 0 Å². The van der Waals surface area contributed by atoms with Gasteiger partial charge < -0.3 is 5.11 Å². The van der Waals surface area contributed by atoms with Crippen LogP contribution in [-0.2, 0) is 4.79 Å². The van der Waals surface area contributed by atoms with Gasteiger partial charge in [0.2, 0.25) is 0 Å². The van der Waals surface area contributed by atoms with Crippen molar-refractivity contribution < 1.29 is 9.90 Å². The summed E-state index contributed by atoms with van der Waals surface area (Å²) in [6.07, 6.45) is 14.2. The molecule has 0 aromatic heterocycles. The molecule has 2 aliphatic rings. The summed E-state index contributed by atoms with van der Waals surface area (Å²) < 4.78 is 0. The van der Waals surface area contributed by atoms with E-state index in [1.165, 1.54) is 38.5 Å². The highest BCUT2D eigenvalue weighted by Crippen LogP contribution is 2.51. The molecule has 0 bridgehead atoms. The van der Waals surface area contributed by atoms with Gasteiger partial charge in [0.05, 0.1) is 5.41 Å². The summed E-state index contributed by atoms with van der Waals surface area (Å²) in [5, 5.41) is 9.93. The molecule has 0 radical (unpaired) electrons. The van der Waals surface area contributed by atoms with Crippen molar-refractivity contribution in [3.63, 3.8) is 0 Å². The van der Waals surface area contributed by atoms with Gasteiger partial charge in [0.25, 0.3) is 0 Å². The highest BCUT2D eigenvalue weighted by Gasteiger charge is 2.48. The first-order valence-electron chi connectivity index (χ1n) is 9.35. The van der Waals surface area contributed by atoms with Crippen LogP contribution in [0.2, 0.25) is 0 Å². The second-order valence-electron chi connectivity index (χ2n) is 7.70. The first-order chi connectivity index (χ1) is 10.1. The van der Waals surface area contributed by atoms with Gasteiger partial charge in [0.1, 0.15) is 0 Å². The monoisotopic (exact) mass is 294 g/mol. The van der Waals surface area contributed by atoms with Crippen LogP contribution < -0.4 is 0 Å². The summed E-state index contributed by atoms with van der Waals surface area (Å²) in [5.41, 5.74) is -0.374. The molecule has 2 aliphatic carbocycles. The molecule has 21 heavy (non-hydrogen) atoms. The molecule has 0 unspecified atom stereocenters. The van der Waals surface area contributed by atoms with E-state index in [-0.39, 0.29) is 5.41 Å². The number of carboxylic acid groups (broad SMARTS) is 1. The van der Waals surface area contributed by atoms with E-state index in [1.807, 2.05) is 0 Å². The second-order valence-corrected chi connectivity index (χ2v) is 7.70. The third kappa shape index (κ3) is 3.81. The molecular formula is C19H34O2. The average molecular weight is 294 g/mol. The molecule has 2 fully saturated rings. The molecule has 0 amide bonds. The zero-order chi connectivity index (χ0) is 15.3. The minimum Gasteiger partial charge on any atom is -0.481 e. The summed E-state index contributed by atoms with van der Waals surface area (Å²) in [6, 6.07) is 0. The quantitative estimate of drug-likeness (QED) is 0.687. The Bertz CT molecular complexity index is 320. The smallest absolute Gasteiger partial charge is 0.309 e. The maximum absolute atomic E-state index is 12.0. The first-order valence-corrected chi connectivity index (χ1v) is 9.35. The van der Waals surface area contributed by atoms with Crippen molar-refractivity contribution in [3.8, 4) is 0 Å². The lowest BCUT2D eigenvalue weighted by Crippen LogP contribution is -2.43. The largest absolute Gasteiger partial charge is 0.481 e. The van der Waals surface area contributed by atoms with Gasteiger partial charge in [-0.25, -0.2) is 0 Å². The fraction of sp³-hybridized carbons (Fsp3) is 0.947. The van der Waals surface area contributed by atoms with E-state index in [0.29, 0.717) is 5.92 Å². The molecule has 2 rings (SSSR count). The van der Waals surface area contributed by atoms with E-state index in [1.54, 1.807) is 0 Å². The third-order valence-corrected chi connectivity index (χ3v) is 6.45. The number of hydrogen-bond acceptors (Lipinski definition) is 1. The lowest BCUT2D eigenvalue weighted by molar-refractivity contribution is -0.157. The predicted molar refractivity (Wildman–Crippen MR) is 87.3 cm³/mol. The third-order valence-electron chi connectivity index (χ3n) is 6.45. The minimum absolute atomic E-state index is 0.374. The second kappa shape index (κ2) is 7.65. The van der Waals surface area contributed by atoms with Gasteiger partial charge in [-0.2, -0.15) is 0 Å². The molecule has 2 nitrogen and oxygen atoms in total. The summed E-state index contributed by atoms with van der Waals surface area (Å²) in [7, 11) is 0. The molecule has 1 N–H and O–H groups in total. The number of aliphatic carboxylic acids is 1. The molecule has 0 aliphatic heterocycles. The van der Waals surface area contributed by atoms with E-state index < -0.39 is 5.97 Å². The average Bonchev–Trinajstić information content (AvgIpc) is 2.49. The zero-order valence-electron chi connectivity index (χ0n) is 14.1. The van der Waals surface area contributed by atoms with Gasteiger partial charge in [0.15, 0.2) is 0 Å². The van der Waals surface area contributed by atoms with Gasteiger partial charge >= 0.3 is 5.97 Å². The number of carbonyl (C=O) groups is 1. The highest BCUT2D eigenvalue weighted by molar-refractivity contribution is 5.75. The molecular weight excluding hydrogens is 260 g/mol. The Morgan fingerprint density at radius 2 is 1.38 bits per heavy atom. The summed E-state index contributed by atoms with van der Waals surface area (Å²) in [6.45, 7) is 4.51. The SMILES string of the molecule is CCCC1CCC(C2(C(=O)O)CCC(CCC)CC2)CC1. The summed E-state index contributed by atoms with van der Waals surface area (Å²) in [5.74, 6) is 1.62. The molecule has 0 heterocycles. The Balaban J connectivity index is 1.96. The molecule has 0 aromatic rings. The molecule has 2 saturated carbocycles. The lowest BCUT2D eigenvalue weighted by Gasteiger charge is -2.45. The molecule has 2 heteroatoms. The maximum atomic E-state index is 12.0. The van der Waals surface area contributed by atoms with Crippen LogP contribution in [0.3, 0.4) is 0 Å². The summed E-state index contributed by atoms with van der Waals surface area (Å²) >= 11 is 0. The molecule has 0 spiro atoms. The Morgan fingerprint density at radius 1 is 0.905 bits per heavy atom. The Labute approximate surface area is 130 Å². The fourth-order valence-electron chi connectivity index (χ4n) is 5.10. The van der Waals surface area contributed by atoms with Crippen LogP contribution in [0.5, 0.6) is 0 Å². The van der Waals surface area contributed by atoms with Crippen LogP contribution in [0.4, 0.5) is 0 Å². The Morgan fingerprint density at radius 3 is 1.81 bits per heavy atom. The van der Waals surface area contributed by atoms with Crippen LogP contribution in [0.15, 0.2) is 0 Å². The van der Waals surface area contributed by atoms with Gasteiger partial charge in [-0.1, -0.05) is 52.4 Å². The van der Waals surface area contributed by atoms with E-state index in [2.05, 4.69) is 13.8 Å². The van der Waals surface area contributed by atoms with E-state index in [4.69, 9.17) is 0 Å².